The number of cyclic esters (lactones) is 4. The second-order valence-electron chi connectivity index (χ2n) is 16.7. The number of benzene rings is 3. The van der Waals surface area contributed by atoms with Gasteiger partial charge in [-0.25, -0.2) is 9.59 Å². The molecule has 12 atom stereocenters. The second kappa shape index (κ2) is 27.7. The minimum Gasteiger partial charge on any atom is -0.481 e. The van der Waals surface area contributed by atoms with E-state index in [1.54, 1.807) is 42.7 Å². The number of fused-ring (bicyclic) bond motifs is 9. The zero-order valence-corrected chi connectivity index (χ0v) is 40.3. The van der Waals surface area contributed by atoms with E-state index >= 15 is 0 Å². The van der Waals surface area contributed by atoms with Gasteiger partial charge in [-0.3, -0.25) is 33.5 Å². The lowest BCUT2D eigenvalue weighted by molar-refractivity contribution is -0.159. The van der Waals surface area contributed by atoms with Crippen molar-refractivity contribution in [3.63, 3.8) is 0 Å². The number of hydrogen-bond donors (Lipinski definition) is 3. The maximum absolute atomic E-state index is 12.3. The lowest BCUT2D eigenvalue weighted by Crippen LogP contribution is -2.37. The van der Waals surface area contributed by atoms with Crippen LogP contribution in [0.3, 0.4) is 0 Å². The molecule has 0 radical (unpaired) electrons. The normalized spacial score (nSPS) is 27.7. The monoisotopic (exact) mass is 1030 g/mol. The van der Waals surface area contributed by atoms with E-state index in [-0.39, 0.29) is 43.9 Å². The molecule has 9 aliphatic heterocycles. The van der Waals surface area contributed by atoms with Gasteiger partial charge in [0.2, 0.25) is 6.26 Å². The average molecular weight is 1030 g/mol. The summed E-state index contributed by atoms with van der Waals surface area (Å²) < 4.78 is 44.6. The Labute approximate surface area is 430 Å². The van der Waals surface area contributed by atoms with Gasteiger partial charge in [-0.1, -0.05) is 127 Å². The molecule has 20 heteroatoms. The molecule has 3 aromatic rings. The molecule has 0 aromatic heterocycles. The van der Waals surface area contributed by atoms with Crippen molar-refractivity contribution in [3.05, 3.63) is 181 Å². The first-order chi connectivity index (χ1) is 36.4. The van der Waals surface area contributed by atoms with Crippen LogP contribution >= 0.6 is 0 Å². The quantitative estimate of drug-likeness (QED) is 0.0904. The average Bonchev–Trinajstić information content (AvgIpc) is 4.30. The molecule has 3 aromatic carbocycles. The third-order valence-corrected chi connectivity index (χ3v) is 12.2. The molecule has 0 saturated carbocycles. The van der Waals surface area contributed by atoms with Crippen LogP contribution in [0, 0.1) is 41.8 Å². The molecule has 0 spiro atoms. The van der Waals surface area contributed by atoms with Crippen molar-refractivity contribution >= 4 is 47.8 Å². The number of aliphatic carboxylic acids is 1. The van der Waals surface area contributed by atoms with Gasteiger partial charge in [-0.05, 0) is 16.7 Å². The van der Waals surface area contributed by atoms with Gasteiger partial charge in [-0.15, -0.1) is 0 Å². The number of hydrogen-bond acceptors (Lipinski definition) is 19. The number of methoxy groups -OCH3 is 1. The number of carbonyl (C=O) groups is 8. The highest BCUT2D eigenvalue weighted by Gasteiger charge is 2.59. The number of ether oxygens (including phenoxy) is 9. The summed E-state index contributed by atoms with van der Waals surface area (Å²) in [5.74, 6) is -8.01. The van der Waals surface area contributed by atoms with Crippen LogP contribution in [0.5, 0.6) is 0 Å². The number of allylic oxidation sites excluding steroid dienone is 2. The molecular weight excluding hydrogens is 981 g/mol. The summed E-state index contributed by atoms with van der Waals surface area (Å²) in [5.41, 5.74) is 2.74. The molecule has 12 rings (SSSR count). The number of carboxylic acid groups (broad SMARTS) is 1. The van der Waals surface area contributed by atoms with Crippen molar-refractivity contribution in [3.8, 4) is 0 Å². The van der Waals surface area contributed by atoms with Crippen LogP contribution in [0.1, 0.15) is 16.7 Å². The van der Waals surface area contributed by atoms with Crippen LogP contribution < -0.4 is 0 Å². The zero-order chi connectivity index (χ0) is 53.9. The first-order valence-corrected chi connectivity index (χ1v) is 23.3. The Hall–Kier alpha value is -8.23. The fourth-order valence-corrected chi connectivity index (χ4v) is 8.73. The highest BCUT2D eigenvalue weighted by Crippen LogP contribution is 2.44. The Kier molecular flexibility index (Phi) is 20.7. The van der Waals surface area contributed by atoms with Crippen molar-refractivity contribution in [2.24, 2.45) is 35.5 Å². The van der Waals surface area contributed by atoms with E-state index in [9.17, 15) is 43.5 Å². The van der Waals surface area contributed by atoms with Gasteiger partial charge in [0, 0.05) is 19.3 Å². The molecular formula is C55H53O20+. The summed E-state index contributed by atoms with van der Waals surface area (Å²) >= 11 is 0. The number of carboxylic acids is 1. The van der Waals surface area contributed by atoms with Gasteiger partial charge < -0.3 is 53.2 Å². The number of aliphatic hydroxyl groups is 2. The Morgan fingerprint density at radius 2 is 0.920 bits per heavy atom. The van der Waals surface area contributed by atoms with E-state index in [1.165, 1.54) is 7.11 Å². The highest BCUT2D eigenvalue weighted by molar-refractivity contribution is 6.05. The van der Waals surface area contributed by atoms with Crippen molar-refractivity contribution in [1.82, 2.24) is 0 Å². The van der Waals surface area contributed by atoms with Crippen LogP contribution in [0.4, 0.5) is 0 Å². The zero-order valence-electron chi connectivity index (χ0n) is 40.3. The Balaban J connectivity index is 0.000000155. The summed E-state index contributed by atoms with van der Waals surface area (Å²) in [4.78, 5) is 89.6. The van der Waals surface area contributed by atoms with E-state index in [0.29, 0.717) is 0 Å². The van der Waals surface area contributed by atoms with Crippen LogP contribution in [-0.2, 0) is 101 Å². The molecule has 9 heterocycles. The lowest BCUT2D eigenvalue weighted by Gasteiger charge is -2.21. The number of aliphatic hydroxyl groups excluding tert-OH is 2. The summed E-state index contributed by atoms with van der Waals surface area (Å²) in [5, 5.41) is 24.8. The predicted molar refractivity (Wildman–Crippen MR) is 256 cm³/mol. The minimum absolute atomic E-state index is 0.140. The molecule has 6 bridgehead atoms. The summed E-state index contributed by atoms with van der Waals surface area (Å²) in [6.07, 6.45) is 18.2. The van der Waals surface area contributed by atoms with E-state index in [4.69, 9.17) is 38.6 Å². The molecule has 12 unspecified atom stereocenters. The number of rotatable bonds is 9. The SMILES string of the molecule is CO.COC(=O)C1C2C=CC(O2)C1C(=O)OCc1ccccc1.O=C(O)C1C2C=CC(O2)C1C(=O)OCc1ccccc1.O=C1C=CC(=O)O1.O=C1OC(=O)C2C3C=CC(O3)C12.OCc1ccccc1.[C+]1=CC=CO1. The van der Waals surface area contributed by atoms with Gasteiger partial charge in [0.05, 0.1) is 50.3 Å². The van der Waals surface area contributed by atoms with Crippen molar-refractivity contribution in [1.29, 1.82) is 0 Å². The van der Waals surface area contributed by atoms with Crippen LogP contribution in [0.15, 0.2) is 158 Å². The molecule has 0 amide bonds. The Morgan fingerprint density at radius 3 is 1.25 bits per heavy atom. The summed E-state index contributed by atoms with van der Waals surface area (Å²) in [7, 11) is 2.31. The molecule has 75 heavy (non-hydrogen) atoms. The third-order valence-electron chi connectivity index (χ3n) is 12.2. The molecule has 392 valence electrons. The minimum atomic E-state index is -1.02. The van der Waals surface area contributed by atoms with E-state index in [0.717, 1.165) is 36.0 Å². The van der Waals surface area contributed by atoms with Crippen LogP contribution in [-0.4, -0.2) is 114 Å². The summed E-state index contributed by atoms with van der Waals surface area (Å²) in [6.45, 7) is 0.468. The van der Waals surface area contributed by atoms with Gasteiger partial charge in [0.25, 0.3) is 6.26 Å². The third kappa shape index (κ3) is 14.7. The molecule has 9 aliphatic rings. The molecule has 3 N–H and O–H groups in total. The molecule has 20 nitrogen and oxygen atoms in total. The molecule has 4 fully saturated rings. The van der Waals surface area contributed by atoms with E-state index in [1.807, 2.05) is 103 Å². The predicted octanol–water partition coefficient (Wildman–Crippen LogP) is 3.76. The van der Waals surface area contributed by atoms with E-state index in [2.05, 4.69) is 20.5 Å². The highest BCUT2D eigenvalue weighted by atomic mass is 16.6. The lowest BCUT2D eigenvalue weighted by atomic mass is 9.83. The van der Waals surface area contributed by atoms with Crippen molar-refractivity contribution in [2.45, 2.75) is 56.4 Å². The molecule has 4 saturated heterocycles. The molecule has 0 aliphatic carbocycles. The summed E-state index contributed by atoms with van der Waals surface area (Å²) in [6, 6.07) is 28.2. The first-order valence-electron chi connectivity index (χ1n) is 23.3. The fourth-order valence-electron chi connectivity index (χ4n) is 8.73. The van der Waals surface area contributed by atoms with E-state index < -0.39 is 95.8 Å². The number of carbonyl (C=O) groups excluding carboxylic acids is 7. The maximum Gasteiger partial charge on any atom is 0.338 e. The van der Waals surface area contributed by atoms with Crippen molar-refractivity contribution in [2.75, 3.05) is 14.2 Å². The van der Waals surface area contributed by atoms with Gasteiger partial charge in [0.15, 0.2) is 6.08 Å². The van der Waals surface area contributed by atoms with Crippen LogP contribution in [0.25, 0.3) is 0 Å². The first kappa shape index (κ1) is 56.1. The van der Waals surface area contributed by atoms with Gasteiger partial charge in [0.1, 0.15) is 54.8 Å². The topological polar surface area (TPSA) is 280 Å². The smallest absolute Gasteiger partial charge is 0.338 e. The van der Waals surface area contributed by atoms with Gasteiger partial charge >= 0.3 is 47.8 Å². The number of esters is 7. The van der Waals surface area contributed by atoms with Gasteiger partial charge in [-0.2, -0.15) is 0 Å². The van der Waals surface area contributed by atoms with Crippen LogP contribution in [0.2, 0.25) is 0 Å². The standard InChI is InChI=1S/C16H16O5.C15H14O5.C8H6O4.C7H8O.C4H2O3.C4H3O.CH4O/c1-19-15(17)13-11-7-8-12(21-11)14(13)16(18)20-9-10-5-3-2-4-6-10;16-14(17)12-10-6-7-11(20-10)13(12)15(18)19-8-9-4-2-1-3-5-9;9-7-5-3-1-2-4(11-3)6(5)8(10)12-7;8-6-7-4-2-1-3-5-7;5-3-1-2-4(6)7-3;1-2-4-5-3-1;1-2/h2-8,11-14H,9H2,1H3;1-7,10-13H,8H2,(H,16,17);1-6H;1-5,8H,6H2;1-2H;1-3H;2H,1H3/q;;;;;+1;. The largest absolute Gasteiger partial charge is 0.481 e. The Morgan fingerprint density at radius 1 is 0.533 bits per heavy atom. The van der Waals surface area contributed by atoms with Crippen molar-refractivity contribution < 1.29 is 96.3 Å². The maximum atomic E-state index is 12.3. The Bertz CT molecular complexity index is 2600. The fraction of sp³-hybridized carbons (Fsp3) is 0.309. The second-order valence-corrected chi connectivity index (χ2v) is 16.7.